The molecule has 0 radical (unpaired) electrons. The monoisotopic (exact) mass is 472 g/mol. The highest BCUT2D eigenvalue weighted by Crippen LogP contribution is 2.27. The van der Waals surface area contributed by atoms with Gasteiger partial charge in [0.1, 0.15) is 11.2 Å². The third kappa shape index (κ3) is 4.65. The summed E-state index contributed by atoms with van der Waals surface area (Å²) in [4.78, 5) is 47.4. The van der Waals surface area contributed by atoms with Crippen molar-refractivity contribution in [2.45, 2.75) is 25.4 Å². The van der Waals surface area contributed by atoms with Crippen LogP contribution in [0.3, 0.4) is 0 Å². The zero-order valence-electron chi connectivity index (χ0n) is 18.3. The zero-order chi connectivity index (χ0) is 23.7. The van der Waals surface area contributed by atoms with Gasteiger partial charge in [-0.25, -0.2) is 9.78 Å². The Bertz CT molecular complexity index is 1270. The first-order valence-electron chi connectivity index (χ1n) is 10.6. The number of piperidine rings is 1. The molecule has 0 aliphatic carbocycles. The van der Waals surface area contributed by atoms with Gasteiger partial charge in [0.05, 0.1) is 12.1 Å². The molecule has 1 fully saturated rings. The molecule has 1 atom stereocenters. The second kappa shape index (κ2) is 9.14. The van der Waals surface area contributed by atoms with Crippen molar-refractivity contribution in [3.05, 3.63) is 57.0 Å². The first kappa shape index (κ1) is 22.7. The van der Waals surface area contributed by atoms with Crippen LogP contribution in [-0.4, -0.2) is 69.8 Å². The van der Waals surface area contributed by atoms with E-state index < -0.39 is 11.7 Å². The number of H-pyrrole nitrogens is 1. The van der Waals surface area contributed by atoms with Crippen molar-refractivity contribution in [3.63, 3.8) is 0 Å². The van der Waals surface area contributed by atoms with Crippen LogP contribution in [0.25, 0.3) is 11.0 Å². The van der Waals surface area contributed by atoms with Crippen molar-refractivity contribution in [2.75, 3.05) is 32.1 Å². The van der Waals surface area contributed by atoms with Crippen molar-refractivity contribution in [1.82, 2.24) is 24.8 Å². The molecule has 1 saturated heterocycles. The van der Waals surface area contributed by atoms with Gasteiger partial charge in [-0.05, 0) is 30.5 Å². The van der Waals surface area contributed by atoms with Gasteiger partial charge >= 0.3 is 6.09 Å². The molecule has 0 saturated carbocycles. The van der Waals surface area contributed by atoms with Gasteiger partial charge in [0, 0.05) is 38.2 Å². The van der Waals surface area contributed by atoms with Crippen LogP contribution in [0.4, 0.5) is 10.7 Å². The maximum Gasteiger partial charge on any atom is 0.404 e. The quantitative estimate of drug-likeness (QED) is 0.523. The van der Waals surface area contributed by atoms with Gasteiger partial charge in [0.15, 0.2) is 0 Å². The lowest BCUT2D eigenvalue weighted by Gasteiger charge is -2.33. The van der Waals surface area contributed by atoms with E-state index in [4.69, 9.17) is 21.7 Å². The molecule has 1 aromatic carbocycles. The standard InChI is InChI=1S/C22H25ClN6O4/c1-27(2)20(31)17-10-16-18(19(30)25-17)29(11-13-6-3-4-8-15(13)23)21(26-16)28-9-5-7-14(12-28)24-22(32)33/h3-4,6,8,10,14,24H,5,7,9,11-12H2,1-2H3,(H,25,30)(H,32,33)/t14-/m1/s1. The molecule has 1 aliphatic rings. The van der Waals surface area contributed by atoms with Crippen molar-refractivity contribution in [1.29, 1.82) is 0 Å². The Kier molecular flexibility index (Phi) is 6.28. The lowest BCUT2D eigenvalue weighted by Crippen LogP contribution is -2.48. The first-order chi connectivity index (χ1) is 15.7. The molecule has 0 unspecified atom stereocenters. The Hall–Kier alpha value is -3.53. The molecular weight excluding hydrogens is 448 g/mol. The first-order valence-corrected chi connectivity index (χ1v) is 11.0. The number of pyridine rings is 1. The summed E-state index contributed by atoms with van der Waals surface area (Å²) in [6.07, 6.45) is 0.408. The van der Waals surface area contributed by atoms with Crippen molar-refractivity contribution in [2.24, 2.45) is 0 Å². The number of rotatable bonds is 5. The molecule has 3 N–H and O–H groups in total. The number of benzene rings is 1. The molecule has 10 nitrogen and oxygen atoms in total. The van der Waals surface area contributed by atoms with Gasteiger partial charge in [-0.15, -0.1) is 0 Å². The van der Waals surface area contributed by atoms with Crippen LogP contribution in [-0.2, 0) is 6.54 Å². The van der Waals surface area contributed by atoms with E-state index in [1.807, 2.05) is 23.1 Å². The average molecular weight is 473 g/mol. The molecule has 2 amide bonds. The number of hydrogen-bond acceptors (Lipinski definition) is 5. The van der Waals surface area contributed by atoms with E-state index in [-0.39, 0.29) is 17.6 Å². The smallest absolute Gasteiger partial charge is 0.404 e. The fourth-order valence-corrected chi connectivity index (χ4v) is 4.34. The lowest BCUT2D eigenvalue weighted by molar-refractivity contribution is 0.0822. The summed E-state index contributed by atoms with van der Waals surface area (Å²) in [5.74, 6) is 0.196. The number of carbonyl (C=O) groups excluding carboxylic acids is 1. The zero-order valence-corrected chi connectivity index (χ0v) is 19.1. The lowest BCUT2D eigenvalue weighted by atomic mass is 10.1. The minimum absolute atomic E-state index is 0.149. The third-order valence-corrected chi connectivity index (χ3v) is 6.04. The van der Waals surface area contributed by atoms with Crippen LogP contribution in [0, 0.1) is 0 Å². The van der Waals surface area contributed by atoms with E-state index in [0.717, 1.165) is 18.4 Å². The predicted octanol–water partition coefficient (Wildman–Crippen LogP) is 2.36. The number of imidazole rings is 1. The maximum atomic E-state index is 13.1. The highest BCUT2D eigenvalue weighted by Gasteiger charge is 2.27. The number of aromatic amines is 1. The van der Waals surface area contributed by atoms with Crippen molar-refractivity contribution < 1.29 is 14.7 Å². The fraction of sp³-hybridized carbons (Fsp3) is 0.364. The Labute approximate surface area is 194 Å². The van der Waals surface area contributed by atoms with E-state index >= 15 is 0 Å². The predicted molar refractivity (Wildman–Crippen MR) is 125 cm³/mol. The molecular formula is C22H25ClN6O4. The normalized spacial score (nSPS) is 16.1. The number of hydrogen-bond donors (Lipinski definition) is 3. The van der Waals surface area contributed by atoms with Crippen LogP contribution in [0.1, 0.15) is 28.9 Å². The molecule has 3 heterocycles. The summed E-state index contributed by atoms with van der Waals surface area (Å²) in [6, 6.07) is 8.67. The van der Waals surface area contributed by atoms with E-state index in [2.05, 4.69) is 10.3 Å². The second-order valence-corrected chi connectivity index (χ2v) is 8.68. The number of carboxylic acid groups (broad SMARTS) is 1. The molecule has 33 heavy (non-hydrogen) atoms. The van der Waals surface area contributed by atoms with Gasteiger partial charge in [0.25, 0.3) is 11.5 Å². The van der Waals surface area contributed by atoms with Crippen LogP contribution < -0.4 is 15.8 Å². The van der Waals surface area contributed by atoms with E-state index in [0.29, 0.717) is 41.6 Å². The molecule has 174 valence electrons. The van der Waals surface area contributed by atoms with Gasteiger partial charge in [0.2, 0.25) is 5.95 Å². The van der Waals surface area contributed by atoms with E-state index in [1.165, 1.54) is 4.90 Å². The Morgan fingerprint density at radius 2 is 2.09 bits per heavy atom. The van der Waals surface area contributed by atoms with Gasteiger partial charge < -0.3 is 29.8 Å². The topological polar surface area (TPSA) is 124 Å². The molecule has 0 bridgehead atoms. The highest BCUT2D eigenvalue weighted by atomic mass is 35.5. The van der Waals surface area contributed by atoms with Crippen LogP contribution in [0.5, 0.6) is 0 Å². The summed E-state index contributed by atoms with van der Waals surface area (Å²) in [7, 11) is 3.21. The molecule has 2 aromatic heterocycles. The second-order valence-electron chi connectivity index (χ2n) is 8.27. The van der Waals surface area contributed by atoms with Crippen LogP contribution >= 0.6 is 11.6 Å². The van der Waals surface area contributed by atoms with E-state index in [1.54, 1.807) is 30.8 Å². The van der Waals surface area contributed by atoms with Crippen molar-refractivity contribution >= 4 is 40.6 Å². The van der Waals surface area contributed by atoms with Gasteiger partial charge in [-0.2, -0.15) is 0 Å². The number of aromatic nitrogens is 3. The van der Waals surface area contributed by atoms with Crippen LogP contribution in [0.2, 0.25) is 5.02 Å². The number of nitrogens with zero attached hydrogens (tertiary/aromatic N) is 4. The SMILES string of the molecule is CN(C)C(=O)c1cc2nc(N3CCC[C@@H](NC(=O)O)C3)n(Cc3ccccc3Cl)c2c(=O)[nH]1. The largest absolute Gasteiger partial charge is 0.465 e. The number of fused-ring (bicyclic) bond motifs is 1. The number of nitrogens with one attached hydrogen (secondary N) is 2. The summed E-state index contributed by atoms with van der Waals surface area (Å²) in [6.45, 7) is 1.37. The van der Waals surface area contributed by atoms with Gasteiger partial charge in [-0.3, -0.25) is 9.59 Å². The van der Waals surface area contributed by atoms with E-state index in [9.17, 15) is 14.4 Å². The molecule has 11 heteroatoms. The molecule has 0 spiro atoms. The maximum absolute atomic E-state index is 13.1. The van der Waals surface area contributed by atoms with Gasteiger partial charge in [-0.1, -0.05) is 29.8 Å². The number of carbonyl (C=O) groups is 2. The van der Waals surface area contributed by atoms with Crippen LogP contribution in [0.15, 0.2) is 35.1 Å². The summed E-state index contributed by atoms with van der Waals surface area (Å²) >= 11 is 6.39. The third-order valence-electron chi connectivity index (χ3n) is 5.67. The minimum Gasteiger partial charge on any atom is -0.465 e. The fourth-order valence-electron chi connectivity index (χ4n) is 4.15. The molecule has 3 aromatic rings. The highest BCUT2D eigenvalue weighted by molar-refractivity contribution is 6.31. The molecule has 4 rings (SSSR count). The van der Waals surface area contributed by atoms with Crippen molar-refractivity contribution in [3.8, 4) is 0 Å². The Morgan fingerprint density at radius 1 is 1.33 bits per heavy atom. The number of anilines is 1. The summed E-state index contributed by atoms with van der Waals surface area (Å²) in [5.41, 5.74) is 1.24. The minimum atomic E-state index is -1.07. The number of halogens is 1. The Balaban J connectivity index is 1.84. The average Bonchev–Trinajstić information content (AvgIpc) is 3.13. The Morgan fingerprint density at radius 3 is 2.79 bits per heavy atom. The number of amides is 2. The molecule has 1 aliphatic heterocycles. The summed E-state index contributed by atoms with van der Waals surface area (Å²) in [5, 5.41) is 12.2. The summed E-state index contributed by atoms with van der Waals surface area (Å²) < 4.78 is 1.78.